The lowest BCUT2D eigenvalue weighted by atomic mass is 9.90. The zero-order valence-corrected chi connectivity index (χ0v) is 81.5. The molecule has 0 spiro atoms. The molecule has 35 nitrogen and oxygen atoms in total. The minimum atomic E-state index is -0.302. The number of nitrogens with one attached hydrogen (secondary N) is 8. The summed E-state index contributed by atoms with van der Waals surface area (Å²) in [5, 5.41) is 29.8. The van der Waals surface area contributed by atoms with E-state index in [0.717, 1.165) is 178 Å². The van der Waals surface area contributed by atoms with Crippen molar-refractivity contribution in [2.75, 3.05) is 100 Å². The zero-order chi connectivity index (χ0) is 98.9. The molecule has 8 N–H and O–H groups in total. The van der Waals surface area contributed by atoms with E-state index in [9.17, 15) is 19.2 Å². The summed E-state index contributed by atoms with van der Waals surface area (Å²) >= 11 is 0. The highest BCUT2D eigenvalue weighted by Gasteiger charge is 2.33. The molecule has 8 aliphatic rings. The van der Waals surface area contributed by atoms with Crippen LogP contribution in [0.15, 0.2) is 255 Å². The first kappa shape index (κ1) is 94.8. The van der Waals surface area contributed by atoms with Crippen molar-refractivity contribution >= 4 is 102 Å². The van der Waals surface area contributed by atoms with Crippen molar-refractivity contribution in [1.82, 2.24) is 118 Å². The SMILES string of the molecule is C#Cc1cc2cnc(Nc3ccc(C4=CCNCC4)cc3)nc2n(Cc2cncn2C2=CCCC2)c1=O.CCOc1cc2cnc(Nc3ccc(C4CCN(C)C4)cc3)nc2n(Cc2ncoc2-c2ccncc2)c1=O.O=c1c(C2CC2)cc2cnc(Nc3ccc(C4CCNCC4)cc3)nc2n1Cc1ocnc1C1CCNC1.O=c1ccc2cnc(Nc3ccc(C4CCNC4)cc3)nc2n1Cc1nccn1C1CC1. The van der Waals surface area contributed by atoms with E-state index >= 15 is 0 Å². The lowest BCUT2D eigenvalue weighted by Gasteiger charge is -2.23. The van der Waals surface area contributed by atoms with Gasteiger partial charge < -0.3 is 70.1 Å². The fraction of sp³-hybridized carbons (Fsp3) is 0.324. The molecular weight excluding hydrogens is 1840 g/mol. The molecule has 3 aliphatic carbocycles. The number of allylic oxidation sites excluding steroid dienone is 2. The number of imidazole rings is 2. The highest BCUT2D eigenvalue weighted by Crippen LogP contribution is 2.41. The van der Waals surface area contributed by atoms with Crippen LogP contribution in [0.3, 0.4) is 0 Å². The van der Waals surface area contributed by atoms with E-state index in [1.807, 2.05) is 61.8 Å². The van der Waals surface area contributed by atoms with Crippen molar-refractivity contribution in [3.63, 3.8) is 0 Å². The fourth-order valence-electron chi connectivity index (χ4n) is 20.5. The normalized spacial score (nSPS) is 17.3. The number of likely N-dealkylation sites (N-methyl/N-ethyl adjacent to an activating group) is 1. The topological polar surface area (TPSA) is 400 Å². The Morgan fingerprint density at radius 3 is 1.67 bits per heavy atom. The van der Waals surface area contributed by atoms with Crippen molar-refractivity contribution in [3.05, 3.63) is 330 Å². The van der Waals surface area contributed by atoms with Crippen LogP contribution in [0.25, 0.3) is 66.7 Å². The first-order valence-corrected chi connectivity index (χ1v) is 50.6. The highest BCUT2D eigenvalue weighted by atomic mass is 16.5. The van der Waals surface area contributed by atoms with Crippen molar-refractivity contribution in [2.45, 2.75) is 152 Å². The first-order chi connectivity index (χ1) is 71.7. The molecule has 18 heterocycles. The Hall–Kier alpha value is -16.1. The molecule has 2 saturated carbocycles. The lowest BCUT2D eigenvalue weighted by Crippen LogP contribution is -2.26. The Morgan fingerprint density at radius 1 is 0.486 bits per heavy atom. The number of ether oxygens (including phenoxy) is 1. The summed E-state index contributed by atoms with van der Waals surface area (Å²) in [6, 6.07) is 46.5. The Morgan fingerprint density at radius 2 is 1.08 bits per heavy atom. The maximum atomic E-state index is 13.7. The average Bonchev–Trinajstić information content (AvgIpc) is 1.32. The number of oxazole rings is 2. The van der Waals surface area contributed by atoms with E-state index in [2.05, 4.69) is 199 Å². The summed E-state index contributed by atoms with van der Waals surface area (Å²) in [7, 11) is 2.16. The molecule has 0 amide bonds. The second-order valence-corrected chi connectivity index (χ2v) is 38.5. The van der Waals surface area contributed by atoms with Gasteiger partial charge in [0.2, 0.25) is 23.8 Å². The van der Waals surface area contributed by atoms with E-state index in [0.29, 0.717) is 130 Å². The predicted molar refractivity (Wildman–Crippen MR) is 564 cm³/mol. The summed E-state index contributed by atoms with van der Waals surface area (Å²) in [6.45, 7) is 13.6. The molecule has 13 aromatic heterocycles. The second-order valence-electron chi connectivity index (χ2n) is 38.5. The number of likely N-dealkylation sites (tertiary alicyclic amines) is 1. The molecule has 0 bridgehead atoms. The van der Waals surface area contributed by atoms with Gasteiger partial charge in [0, 0.05) is 155 Å². The van der Waals surface area contributed by atoms with Gasteiger partial charge in [-0.15, -0.1) is 6.42 Å². The Balaban J connectivity index is 0.000000111. The van der Waals surface area contributed by atoms with Gasteiger partial charge in [-0.05, 0) is 273 Å². The molecule has 3 atom stereocenters. The van der Waals surface area contributed by atoms with Gasteiger partial charge in [-0.25, -0.2) is 39.9 Å². The van der Waals surface area contributed by atoms with Crippen LogP contribution in [0.5, 0.6) is 5.75 Å². The Labute approximate surface area is 841 Å². The third-order valence-electron chi connectivity index (χ3n) is 28.6. The summed E-state index contributed by atoms with van der Waals surface area (Å²) in [6.07, 6.45) is 45.1. The number of piperidine rings is 1. The number of anilines is 8. The zero-order valence-electron chi connectivity index (χ0n) is 81.5. The Bertz CT molecular complexity index is 7950. The maximum Gasteiger partial charge on any atom is 0.294 e. The number of aromatic nitrogens is 19. The van der Waals surface area contributed by atoms with E-state index in [4.69, 9.17) is 39.9 Å². The van der Waals surface area contributed by atoms with Gasteiger partial charge in [0.25, 0.3) is 22.2 Å². The number of fused-ring (bicyclic) bond motifs is 4. The minimum Gasteiger partial charge on any atom is -0.488 e. The number of terminal acetylenes is 1. The van der Waals surface area contributed by atoms with Gasteiger partial charge >= 0.3 is 0 Å². The average molecular weight is 1950 g/mol. The number of benzene rings is 4. The molecule has 4 saturated heterocycles. The summed E-state index contributed by atoms with van der Waals surface area (Å²) < 4.78 is 28.0. The van der Waals surface area contributed by atoms with Crippen LogP contribution in [-0.4, -0.2) is 176 Å². The third-order valence-corrected chi connectivity index (χ3v) is 28.6. The molecule has 4 aromatic carbocycles. The standard InChI is InChI=1S/C29H29N7O3.C29H33N7O2.C29H27N7O.C24H25N7O/c1-3-38-25-14-22-15-31-29(33-23-6-4-19(5-7-23)21-10-13-35(2)16-21)34-27(22)36(28(25)37)17-24-26(39-18-32-24)20-8-11-30-12-9-20;37-28-24(20-1-2-20)13-22-15-32-29(34-23-5-3-18(4-6-23)19-7-10-30-11-8-19)35-27(22)36(28)16-25-26(33-17-38-25)21-9-12-31-14-21;1-2-20-15-23-16-32-29(33-24-9-7-21(8-10-24)22-11-13-30-14-12-22)34-27(23)35(28(20)37)18-26-17-31-19-36(26)25-5-3-4-6-25;32-22-8-3-18-14-27-24(28-19-4-1-16(2-5-19)17-9-10-25-13-17)29-23(18)31(22)15-21-26-11-12-30(21)20-6-7-20/h4-9,11-12,14-15,18,21H,3,10,13,16-17H2,1-2H3,(H,31,33,34);3-6,13,15,17,19-21,30-31H,1-2,7-12,14,16H2,(H,32,34,35);1,5,7-11,15-17,19,30H,3-4,6,12-14,18H2,(H,32,33,34);1-5,8,11-12,14,17,20,25H,6-7,9-10,13,15H2,(H,27,28,29). The van der Waals surface area contributed by atoms with E-state index in [-0.39, 0.29) is 40.1 Å². The van der Waals surface area contributed by atoms with Crippen molar-refractivity contribution < 1.29 is 13.6 Å². The van der Waals surface area contributed by atoms with Gasteiger partial charge in [0.1, 0.15) is 39.9 Å². The van der Waals surface area contributed by atoms with Gasteiger partial charge in [0.05, 0.1) is 62.3 Å². The fourth-order valence-corrected chi connectivity index (χ4v) is 20.5. The smallest absolute Gasteiger partial charge is 0.294 e. The number of hydrogen-bond donors (Lipinski definition) is 8. The quantitative estimate of drug-likeness (QED) is 0.0222. The van der Waals surface area contributed by atoms with Crippen LogP contribution in [0, 0.1) is 12.3 Å². The van der Waals surface area contributed by atoms with Crippen LogP contribution < -0.4 is 69.5 Å². The minimum absolute atomic E-state index is 0.00266. The van der Waals surface area contributed by atoms with Crippen LogP contribution in [0.1, 0.15) is 188 Å². The molecule has 6 fully saturated rings. The predicted octanol–water partition coefficient (Wildman–Crippen LogP) is 15.8. The van der Waals surface area contributed by atoms with Gasteiger partial charge in [-0.1, -0.05) is 66.6 Å². The lowest BCUT2D eigenvalue weighted by molar-refractivity contribution is 0.333. The number of rotatable bonds is 27. The van der Waals surface area contributed by atoms with Crippen LogP contribution in [0.4, 0.5) is 46.5 Å². The summed E-state index contributed by atoms with van der Waals surface area (Å²) in [5.74, 6) is 9.05. The van der Waals surface area contributed by atoms with Crippen molar-refractivity contribution in [1.29, 1.82) is 0 Å². The molecule has 25 rings (SSSR count). The highest BCUT2D eigenvalue weighted by molar-refractivity contribution is 5.81. The third kappa shape index (κ3) is 21.4. The molecule has 0 radical (unpaired) electrons. The van der Waals surface area contributed by atoms with E-state index < -0.39 is 0 Å². The second kappa shape index (κ2) is 43.2. The molecule has 5 aliphatic heterocycles. The molecule has 17 aromatic rings. The molecule has 740 valence electrons. The number of pyridine rings is 5. The van der Waals surface area contributed by atoms with Crippen LogP contribution in [0.2, 0.25) is 0 Å². The van der Waals surface area contributed by atoms with Crippen molar-refractivity contribution in [3.8, 4) is 29.4 Å². The first-order valence-electron chi connectivity index (χ1n) is 50.6. The molecule has 35 heteroatoms. The monoisotopic (exact) mass is 1950 g/mol. The molecule has 3 unspecified atom stereocenters. The summed E-state index contributed by atoms with van der Waals surface area (Å²) in [4.78, 5) is 114. The largest absolute Gasteiger partial charge is 0.488 e. The van der Waals surface area contributed by atoms with Gasteiger partial charge in [-0.2, -0.15) is 19.9 Å². The van der Waals surface area contributed by atoms with Crippen LogP contribution in [-0.2, 0) is 26.2 Å². The van der Waals surface area contributed by atoms with E-state index in [1.54, 1.807) is 92.2 Å². The number of hydrogen-bond acceptors (Lipinski definition) is 29. The maximum absolute atomic E-state index is 13.7. The van der Waals surface area contributed by atoms with Crippen molar-refractivity contribution in [2.24, 2.45) is 0 Å². The Kier molecular flexibility index (Phi) is 28.0. The molecular formula is C111H114N28O7. The van der Waals surface area contributed by atoms with Gasteiger partial charge in [-0.3, -0.25) is 42.4 Å². The van der Waals surface area contributed by atoms with Gasteiger partial charge in [0.15, 0.2) is 24.3 Å². The number of nitrogens with zero attached hydrogens (tertiary/aromatic N) is 20. The molecule has 146 heavy (non-hydrogen) atoms. The van der Waals surface area contributed by atoms with Crippen LogP contribution >= 0.6 is 0 Å². The van der Waals surface area contributed by atoms with E-state index in [1.165, 1.54) is 84.8 Å². The summed E-state index contributed by atoms with van der Waals surface area (Å²) in [5.41, 5.74) is 17.4.